The molecule has 0 radical (unpaired) electrons. The summed E-state index contributed by atoms with van der Waals surface area (Å²) in [4.78, 5) is 15.9. The summed E-state index contributed by atoms with van der Waals surface area (Å²) in [6.07, 6.45) is 2.51. The second-order valence-electron chi connectivity index (χ2n) is 4.80. The lowest BCUT2D eigenvalue weighted by Crippen LogP contribution is -2.34. The van der Waals surface area contributed by atoms with Gasteiger partial charge < -0.3 is 5.32 Å². The maximum Gasteiger partial charge on any atom is 0.234 e. The largest absolute Gasteiger partial charge is 0.323 e. The summed E-state index contributed by atoms with van der Waals surface area (Å²) in [6, 6.07) is 10.8. The number of aromatic nitrogens is 1. The van der Waals surface area contributed by atoms with Gasteiger partial charge in [-0.2, -0.15) is 0 Å². The maximum absolute atomic E-state index is 13.5. The van der Waals surface area contributed by atoms with Gasteiger partial charge in [0.25, 0.3) is 0 Å². The number of amides is 1. The zero-order valence-electron chi connectivity index (χ0n) is 10.9. The number of carbonyl (C=O) groups excluding carboxylic acids is 1. The first-order valence-electron chi connectivity index (χ1n) is 5.98. The molecule has 0 fully saturated rings. The van der Waals surface area contributed by atoms with E-state index in [2.05, 4.69) is 10.3 Å². The van der Waals surface area contributed by atoms with Gasteiger partial charge in [0, 0.05) is 6.20 Å². The van der Waals surface area contributed by atoms with Gasteiger partial charge in [-0.3, -0.25) is 9.78 Å². The van der Waals surface area contributed by atoms with Crippen molar-refractivity contribution in [3.63, 3.8) is 0 Å². The molecule has 1 aromatic heterocycles. The second-order valence-corrected chi connectivity index (χ2v) is 4.80. The zero-order valence-corrected chi connectivity index (χ0v) is 10.9. The zero-order chi connectivity index (χ0) is 13.9. The second kappa shape index (κ2) is 5.18. The normalized spacial score (nSPS) is 11.1. The van der Waals surface area contributed by atoms with Crippen LogP contribution in [0.25, 0.3) is 0 Å². The molecular weight excluding hydrogens is 243 g/mol. The molecule has 19 heavy (non-hydrogen) atoms. The maximum atomic E-state index is 13.5. The number of nitrogens with one attached hydrogen (secondary N) is 1. The monoisotopic (exact) mass is 258 g/mol. The molecule has 1 amide bonds. The highest BCUT2D eigenvalue weighted by molar-refractivity contribution is 5.98. The molecule has 1 heterocycles. The molecule has 2 aromatic rings. The summed E-state index contributed by atoms with van der Waals surface area (Å²) < 4.78 is 13.5. The lowest BCUT2D eigenvalue weighted by molar-refractivity contribution is -0.120. The Labute approximate surface area is 111 Å². The average molecular weight is 258 g/mol. The van der Waals surface area contributed by atoms with Gasteiger partial charge in [-0.25, -0.2) is 4.39 Å². The third-order valence-electron chi connectivity index (χ3n) is 3.08. The van der Waals surface area contributed by atoms with Crippen molar-refractivity contribution >= 4 is 11.6 Å². The van der Waals surface area contributed by atoms with Crippen molar-refractivity contribution in [2.24, 2.45) is 0 Å². The van der Waals surface area contributed by atoms with Crippen molar-refractivity contribution in [2.45, 2.75) is 19.3 Å². The quantitative estimate of drug-likeness (QED) is 0.919. The fraction of sp³-hybridized carbons (Fsp3) is 0.200. The number of rotatable bonds is 3. The number of nitrogens with zero attached hydrogens (tertiary/aromatic N) is 1. The van der Waals surface area contributed by atoms with E-state index in [4.69, 9.17) is 0 Å². The molecule has 2 rings (SSSR count). The predicted molar refractivity (Wildman–Crippen MR) is 72.3 cm³/mol. The Balaban J connectivity index is 2.23. The highest BCUT2D eigenvalue weighted by Gasteiger charge is 2.30. The van der Waals surface area contributed by atoms with Crippen molar-refractivity contribution in [3.8, 4) is 0 Å². The molecule has 4 heteroatoms. The average Bonchev–Trinajstić information content (AvgIpc) is 2.42. The molecule has 0 bridgehead atoms. The Bertz CT molecular complexity index is 582. The lowest BCUT2D eigenvalue weighted by Gasteiger charge is -2.24. The van der Waals surface area contributed by atoms with Crippen LogP contribution in [0, 0.1) is 5.82 Å². The van der Waals surface area contributed by atoms with Crippen molar-refractivity contribution < 1.29 is 9.18 Å². The summed E-state index contributed by atoms with van der Waals surface area (Å²) in [5.74, 6) is -0.802. The SMILES string of the molecule is CC(C)(C(=O)Nc1ccncc1F)c1ccccc1. The minimum Gasteiger partial charge on any atom is -0.323 e. The van der Waals surface area contributed by atoms with Gasteiger partial charge >= 0.3 is 0 Å². The van der Waals surface area contributed by atoms with Crippen molar-refractivity contribution in [1.82, 2.24) is 4.98 Å². The van der Waals surface area contributed by atoms with E-state index >= 15 is 0 Å². The number of pyridine rings is 1. The molecule has 0 unspecified atom stereocenters. The van der Waals surface area contributed by atoms with Gasteiger partial charge in [-0.05, 0) is 25.5 Å². The van der Waals surface area contributed by atoms with Crippen molar-refractivity contribution in [3.05, 3.63) is 60.2 Å². The van der Waals surface area contributed by atoms with Crippen LogP contribution in [-0.2, 0) is 10.2 Å². The van der Waals surface area contributed by atoms with Gasteiger partial charge in [-0.15, -0.1) is 0 Å². The Morgan fingerprint density at radius 2 is 1.89 bits per heavy atom. The number of carbonyl (C=O) groups is 1. The van der Waals surface area contributed by atoms with Crippen LogP contribution < -0.4 is 5.32 Å². The number of benzene rings is 1. The van der Waals surface area contributed by atoms with Crippen molar-refractivity contribution in [1.29, 1.82) is 0 Å². The van der Waals surface area contributed by atoms with E-state index in [1.165, 1.54) is 12.3 Å². The smallest absolute Gasteiger partial charge is 0.234 e. The van der Waals surface area contributed by atoms with Crippen molar-refractivity contribution in [2.75, 3.05) is 5.32 Å². The number of anilines is 1. The number of hydrogen-bond acceptors (Lipinski definition) is 2. The molecule has 98 valence electrons. The van der Waals surface area contributed by atoms with Crippen LogP contribution in [0.3, 0.4) is 0 Å². The number of hydrogen-bond donors (Lipinski definition) is 1. The molecule has 0 spiro atoms. The Kier molecular flexibility index (Phi) is 3.60. The standard InChI is InChI=1S/C15H15FN2O/c1-15(2,11-6-4-3-5-7-11)14(19)18-13-8-9-17-10-12(13)16/h3-10H,1-2H3,(H,17,18,19). The molecule has 1 N–H and O–H groups in total. The van der Waals surface area contributed by atoms with E-state index in [0.29, 0.717) is 0 Å². The minimum absolute atomic E-state index is 0.143. The molecule has 0 atom stereocenters. The summed E-state index contributed by atoms with van der Waals surface area (Å²) in [5.41, 5.74) is 0.280. The van der Waals surface area contributed by atoms with Gasteiger partial charge in [0.2, 0.25) is 5.91 Å². The first kappa shape index (κ1) is 13.2. The van der Waals surface area contributed by atoms with Gasteiger partial charge in [0.15, 0.2) is 5.82 Å². The van der Waals surface area contributed by atoms with E-state index < -0.39 is 11.2 Å². The third kappa shape index (κ3) is 2.78. The van der Waals surface area contributed by atoms with Crippen LogP contribution in [0.5, 0.6) is 0 Å². The van der Waals surface area contributed by atoms with Gasteiger partial charge in [0.1, 0.15) is 0 Å². The highest BCUT2D eigenvalue weighted by Crippen LogP contribution is 2.25. The summed E-state index contributed by atoms with van der Waals surface area (Å²) in [6.45, 7) is 3.60. The van der Waals surface area contributed by atoms with Gasteiger partial charge in [0.05, 0.1) is 17.3 Å². The first-order chi connectivity index (χ1) is 9.01. The lowest BCUT2D eigenvalue weighted by atomic mass is 9.83. The third-order valence-corrected chi connectivity index (χ3v) is 3.08. The van der Waals surface area contributed by atoms with E-state index in [0.717, 1.165) is 11.8 Å². The Hall–Kier alpha value is -2.23. The molecule has 0 saturated carbocycles. The fourth-order valence-electron chi connectivity index (χ4n) is 1.74. The van der Waals surface area contributed by atoms with Crippen LogP contribution in [0.4, 0.5) is 10.1 Å². The fourth-order valence-corrected chi connectivity index (χ4v) is 1.74. The summed E-state index contributed by atoms with van der Waals surface area (Å²) >= 11 is 0. The topological polar surface area (TPSA) is 42.0 Å². The number of halogens is 1. The van der Waals surface area contributed by atoms with Crippen LogP contribution in [0.1, 0.15) is 19.4 Å². The molecular formula is C15H15FN2O. The van der Waals surface area contributed by atoms with Crippen LogP contribution >= 0.6 is 0 Å². The van der Waals surface area contributed by atoms with Crippen LogP contribution in [-0.4, -0.2) is 10.9 Å². The van der Waals surface area contributed by atoms with Gasteiger partial charge in [-0.1, -0.05) is 30.3 Å². The summed E-state index contributed by atoms with van der Waals surface area (Å²) in [5, 5.41) is 2.60. The highest BCUT2D eigenvalue weighted by atomic mass is 19.1. The Morgan fingerprint density at radius 1 is 1.21 bits per heavy atom. The minimum atomic E-state index is -0.739. The molecule has 0 aliphatic heterocycles. The van der Waals surface area contributed by atoms with Crippen LogP contribution in [0.2, 0.25) is 0 Å². The Morgan fingerprint density at radius 3 is 2.53 bits per heavy atom. The van der Waals surface area contributed by atoms with E-state index in [-0.39, 0.29) is 11.6 Å². The summed E-state index contributed by atoms with van der Waals surface area (Å²) in [7, 11) is 0. The molecule has 3 nitrogen and oxygen atoms in total. The predicted octanol–water partition coefficient (Wildman–Crippen LogP) is 3.14. The van der Waals surface area contributed by atoms with E-state index in [9.17, 15) is 9.18 Å². The van der Waals surface area contributed by atoms with E-state index in [1.807, 2.05) is 30.3 Å². The molecule has 1 aromatic carbocycles. The molecule has 0 aliphatic rings. The molecule has 0 aliphatic carbocycles. The van der Waals surface area contributed by atoms with E-state index in [1.54, 1.807) is 13.8 Å². The van der Waals surface area contributed by atoms with Crippen LogP contribution in [0.15, 0.2) is 48.8 Å². The molecule has 0 saturated heterocycles. The first-order valence-corrected chi connectivity index (χ1v) is 5.98.